The molecular weight excluding hydrogens is 407 g/mol. The average Bonchev–Trinajstić information content (AvgIpc) is 2.48. The Hall–Kier alpha value is -1.47. The predicted molar refractivity (Wildman–Crippen MR) is 103 cm³/mol. The molecule has 0 aliphatic carbocycles. The first-order valence-electron chi connectivity index (χ1n) is 7.06. The normalized spacial score (nSPS) is 11.2. The molecule has 9 heteroatoms. The minimum Gasteiger partial charge on any atom is -0.324 e. The Bertz CT molecular complexity index is 917. The van der Waals surface area contributed by atoms with Crippen LogP contribution in [0.2, 0.25) is 15.1 Å². The molecule has 1 amide bonds. The molecule has 0 unspecified atom stereocenters. The van der Waals surface area contributed by atoms with Gasteiger partial charge in [-0.25, -0.2) is 8.42 Å². The van der Waals surface area contributed by atoms with Crippen LogP contribution in [-0.2, 0) is 14.8 Å². The maximum absolute atomic E-state index is 12.3. The maximum Gasteiger partial charge on any atom is 0.245 e. The molecule has 0 saturated carbocycles. The van der Waals surface area contributed by atoms with Gasteiger partial charge in [0, 0.05) is 10.7 Å². The summed E-state index contributed by atoms with van der Waals surface area (Å²) in [4.78, 5) is 12.3. The number of halogens is 3. The Kier molecular flexibility index (Phi) is 6.21. The third-order valence-electron chi connectivity index (χ3n) is 3.32. The molecule has 2 aromatic rings. The number of carbonyl (C=O) groups excluding carboxylic acids is 1. The average molecular weight is 422 g/mol. The second-order valence-electron chi connectivity index (χ2n) is 5.38. The number of benzene rings is 2. The molecule has 2 rings (SSSR count). The third kappa shape index (κ3) is 5.25. The highest BCUT2D eigenvalue weighted by Gasteiger charge is 2.22. The van der Waals surface area contributed by atoms with Crippen LogP contribution in [0.25, 0.3) is 0 Å². The fourth-order valence-corrected chi connectivity index (χ4v) is 3.62. The van der Waals surface area contributed by atoms with Gasteiger partial charge in [-0.15, -0.1) is 0 Å². The molecule has 0 radical (unpaired) electrons. The summed E-state index contributed by atoms with van der Waals surface area (Å²) in [7, 11) is -3.67. The molecule has 5 nitrogen and oxygen atoms in total. The van der Waals surface area contributed by atoms with Crippen LogP contribution in [-0.4, -0.2) is 27.1 Å². The van der Waals surface area contributed by atoms with E-state index >= 15 is 0 Å². The van der Waals surface area contributed by atoms with Crippen molar-refractivity contribution in [3.05, 3.63) is 57.0 Å². The van der Waals surface area contributed by atoms with Gasteiger partial charge in [-0.05, 0) is 48.9 Å². The highest BCUT2D eigenvalue weighted by atomic mass is 35.5. The molecule has 25 heavy (non-hydrogen) atoms. The topological polar surface area (TPSA) is 66.5 Å². The van der Waals surface area contributed by atoms with Crippen molar-refractivity contribution in [3.8, 4) is 0 Å². The minimum absolute atomic E-state index is 0.285. The fraction of sp³-hybridized carbons (Fsp3) is 0.188. The second kappa shape index (κ2) is 7.83. The van der Waals surface area contributed by atoms with Crippen molar-refractivity contribution < 1.29 is 13.2 Å². The number of carbonyl (C=O) groups is 1. The summed E-state index contributed by atoms with van der Waals surface area (Å²) in [5, 5.41) is 3.72. The van der Waals surface area contributed by atoms with Gasteiger partial charge in [-0.3, -0.25) is 9.10 Å². The van der Waals surface area contributed by atoms with E-state index in [1.54, 1.807) is 31.2 Å². The van der Waals surface area contributed by atoms with Crippen LogP contribution in [0.1, 0.15) is 5.56 Å². The zero-order chi connectivity index (χ0) is 18.8. The summed E-state index contributed by atoms with van der Waals surface area (Å²) in [6.45, 7) is 1.33. The van der Waals surface area contributed by atoms with Gasteiger partial charge in [-0.2, -0.15) is 0 Å². The number of rotatable bonds is 5. The highest BCUT2D eigenvalue weighted by molar-refractivity contribution is 7.92. The molecule has 2 aromatic carbocycles. The highest BCUT2D eigenvalue weighted by Crippen LogP contribution is 2.27. The number of nitrogens with zero attached hydrogens (tertiary/aromatic N) is 1. The largest absolute Gasteiger partial charge is 0.324 e. The summed E-state index contributed by atoms with van der Waals surface area (Å²) >= 11 is 17.6. The molecule has 1 N–H and O–H groups in total. The Labute approximate surface area is 161 Å². The van der Waals surface area contributed by atoms with Gasteiger partial charge in [-0.1, -0.05) is 34.8 Å². The van der Waals surface area contributed by atoms with Crippen LogP contribution in [0.5, 0.6) is 0 Å². The van der Waals surface area contributed by atoms with Gasteiger partial charge < -0.3 is 5.32 Å². The number of amides is 1. The van der Waals surface area contributed by atoms with Crippen LogP contribution >= 0.6 is 34.8 Å². The zero-order valence-corrected chi connectivity index (χ0v) is 16.5. The van der Waals surface area contributed by atoms with Gasteiger partial charge in [0.25, 0.3) is 0 Å². The number of hydrogen-bond donors (Lipinski definition) is 1. The van der Waals surface area contributed by atoms with Gasteiger partial charge in [0.15, 0.2) is 0 Å². The van der Waals surface area contributed by atoms with Gasteiger partial charge >= 0.3 is 0 Å². The van der Waals surface area contributed by atoms with Crippen molar-refractivity contribution in [1.29, 1.82) is 0 Å². The Morgan fingerprint density at radius 3 is 2.32 bits per heavy atom. The summed E-state index contributed by atoms with van der Waals surface area (Å²) in [6, 6.07) is 9.36. The zero-order valence-electron chi connectivity index (χ0n) is 13.4. The number of sulfonamides is 1. The van der Waals surface area contributed by atoms with Crippen molar-refractivity contribution in [2.24, 2.45) is 0 Å². The van der Waals surface area contributed by atoms with Crippen LogP contribution < -0.4 is 9.62 Å². The summed E-state index contributed by atoms with van der Waals surface area (Å²) in [6.07, 6.45) is 1.04. The van der Waals surface area contributed by atoms with E-state index in [-0.39, 0.29) is 11.6 Å². The number of nitrogens with one attached hydrogen (secondary N) is 1. The molecule has 0 heterocycles. The van der Waals surface area contributed by atoms with Crippen molar-refractivity contribution >= 4 is 62.1 Å². The lowest BCUT2D eigenvalue weighted by Crippen LogP contribution is -2.37. The first-order chi connectivity index (χ1) is 11.6. The monoisotopic (exact) mass is 420 g/mol. The first kappa shape index (κ1) is 19.8. The Balaban J connectivity index is 2.25. The van der Waals surface area contributed by atoms with Crippen LogP contribution in [0, 0.1) is 6.92 Å². The Morgan fingerprint density at radius 1 is 1.08 bits per heavy atom. The van der Waals surface area contributed by atoms with Crippen molar-refractivity contribution in [2.75, 3.05) is 22.4 Å². The predicted octanol–water partition coefficient (Wildman–Crippen LogP) is 4.36. The van der Waals surface area contributed by atoms with E-state index in [0.717, 1.165) is 10.6 Å². The molecule has 0 spiro atoms. The molecule has 0 saturated heterocycles. The smallest absolute Gasteiger partial charge is 0.245 e. The molecule has 0 bridgehead atoms. The van der Waals surface area contributed by atoms with Crippen LogP contribution in [0.15, 0.2) is 36.4 Å². The van der Waals surface area contributed by atoms with E-state index in [9.17, 15) is 13.2 Å². The molecule has 0 aromatic heterocycles. The van der Waals surface area contributed by atoms with Crippen molar-refractivity contribution in [3.63, 3.8) is 0 Å². The number of aryl methyl sites for hydroxylation is 1. The molecule has 134 valence electrons. The van der Waals surface area contributed by atoms with Crippen molar-refractivity contribution in [1.82, 2.24) is 0 Å². The van der Waals surface area contributed by atoms with Crippen LogP contribution in [0.4, 0.5) is 11.4 Å². The summed E-state index contributed by atoms with van der Waals surface area (Å²) in [5.74, 6) is -0.516. The second-order valence-corrected chi connectivity index (χ2v) is 8.54. The van der Waals surface area contributed by atoms with Crippen LogP contribution in [0.3, 0.4) is 0 Å². The van der Waals surface area contributed by atoms with Crippen molar-refractivity contribution in [2.45, 2.75) is 6.92 Å². The first-order valence-corrected chi connectivity index (χ1v) is 10.0. The number of hydrogen-bond acceptors (Lipinski definition) is 3. The molecule has 0 aliphatic heterocycles. The van der Waals surface area contributed by atoms with E-state index in [4.69, 9.17) is 34.8 Å². The van der Waals surface area contributed by atoms with Gasteiger partial charge in [0.1, 0.15) is 6.54 Å². The lowest BCUT2D eigenvalue weighted by atomic mass is 10.2. The van der Waals surface area contributed by atoms with E-state index in [1.807, 2.05) is 0 Å². The standard InChI is InChI=1S/C16H15Cl3N2O3S/c1-10-7-11(17)3-6-15(10)21(25(2,23)24)9-16(22)20-12-4-5-13(18)14(19)8-12/h3-8H,9H2,1-2H3,(H,20,22). The number of anilines is 2. The third-order valence-corrected chi connectivity index (χ3v) is 5.42. The van der Waals surface area contributed by atoms with Gasteiger partial charge in [0.05, 0.1) is 22.0 Å². The SMILES string of the molecule is Cc1cc(Cl)ccc1N(CC(=O)Nc1ccc(Cl)c(Cl)c1)S(C)(=O)=O. The lowest BCUT2D eigenvalue weighted by molar-refractivity contribution is -0.114. The molecule has 0 atom stereocenters. The minimum atomic E-state index is -3.67. The maximum atomic E-state index is 12.3. The van der Waals surface area contributed by atoms with Gasteiger partial charge in [0.2, 0.25) is 15.9 Å². The molecular formula is C16H15Cl3N2O3S. The lowest BCUT2D eigenvalue weighted by Gasteiger charge is -2.23. The van der Waals surface area contributed by atoms with E-state index < -0.39 is 15.9 Å². The fourth-order valence-electron chi connectivity index (χ4n) is 2.18. The van der Waals surface area contributed by atoms with E-state index in [1.165, 1.54) is 12.1 Å². The molecule has 0 fully saturated rings. The quantitative estimate of drug-likeness (QED) is 0.780. The van der Waals surface area contributed by atoms with E-state index in [0.29, 0.717) is 27.0 Å². The summed E-state index contributed by atoms with van der Waals surface area (Å²) in [5.41, 5.74) is 1.44. The van der Waals surface area contributed by atoms with E-state index in [2.05, 4.69) is 5.32 Å². The Morgan fingerprint density at radius 2 is 1.76 bits per heavy atom. The summed E-state index contributed by atoms with van der Waals surface area (Å²) < 4.78 is 25.3. The molecule has 0 aliphatic rings.